The number of hydrogen-bond acceptors (Lipinski definition) is 0. The third-order valence-electron chi connectivity index (χ3n) is 3.82. The molecule has 0 radical (unpaired) electrons. The van der Waals surface area contributed by atoms with Gasteiger partial charge in [-0.05, 0) is 29.6 Å². The van der Waals surface area contributed by atoms with Crippen LogP contribution in [-0.2, 0) is 0 Å². The van der Waals surface area contributed by atoms with Gasteiger partial charge in [-0.3, -0.25) is 0 Å². The maximum Gasteiger partial charge on any atom is -0.0383 e. The maximum absolute atomic E-state index is 2.43. The van der Waals surface area contributed by atoms with Gasteiger partial charge in [0.15, 0.2) is 0 Å². The van der Waals surface area contributed by atoms with Gasteiger partial charge in [0.05, 0.1) is 0 Å². The van der Waals surface area contributed by atoms with Crippen LogP contribution in [0.2, 0.25) is 0 Å². The molecule has 2 atom stereocenters. The summed E-state index contributed by atoms with van der Waals surface area (Å²) in [5.41, 5.74) is 0.513. The smallest absolute Gasteiger partial charge is 0.0383 e. The molecule has 0 bridgehead atoms. The zero-order valence-electron chi connectivity index (χ0n) is 16.1. The van der Waals surface area contributed by atoms with Crippen LogP contribution in [0.3, 0.4) is 0 Å². The fraction of sp³-hybridized carbons (Fsp3) is 1.00. The Hall–Kier alpha value is 0. The van der Waals surface area contributed by atoms with Gasteiger partial charge in [0, 0.05) is 0 Å². The molecule has 0 aliphatic carbocycles. The fourth-order valence-electron chi connectivity index (χ4n) is 2.28. The van der Waals surface area contributed by atoms with E-state index in [0.717, 1.165) is 17.8 Å². The van der Waals surface area contributed by atoms with Crippen LogP contribution in [0.5, 0.6) is 0 Å². The Morgan fingerprint density at radius 3 is 1.53 bits per heavy atom. The minimum absolute atomic E-state index is 0.513. The Morgan fingerprint density at radius 2 is 1.26 bits per heavy atom. The largest absolute Gasteiger partial charge is 0.0683 e. The van der Waals surface area contributed by atoms with Gasteiger partial charge >= 0.3 is 0 Å². The van der Waals surface area contributed by atoms with E-state index in [1.807, 2.05) is 27.7 Å². The third kappa shape index (κ3) is 15.9. The first kappa shape index (κ1) is 24.0. The summed E-state index contributed by atoms with van der Waals surface area (Å²) in [6.45, 7) is 24.5. The SMILES string of the molecule is CC.CC.CCC(CCCC(C)(C)C)C(C)C(C)C. The Morgan fingerprint density at radius 1 is 0.842 bits per heavy atom. The second-order valence-electron chi connectivity index (χ2n) is 6.72. The van der Waals surface area contributed by atoms with E-state index in [9.17, 15) is 0 Å². The molecule has 0 aromatic heterocycles. The summed E-state index contributed by atoms with van der Waals surface area (Å²) >= 11 is 0. The number of hydrogen-bond donors (Lipinski definition) is 0. The van der Waals surface area contributed by atoms with E-state index < -0.39 is 0 Å². The molecule has 0 nitrogen and oxygen atoms in total. The van der Waals surface area contributed by atoms with Crippen molar-refractivity contribution < 1.29 is 0 Å². The third-order valence-corrected chi connectivity index (χ3v) is 3.82. The van der Waals surface area contributed by atoms with Crippen molar-refractivity contribution in [2.45, 2.75) is 102 Å². The van der Waals surface area contributed by atoms with E-state index in [1.54, 1.807) is 0 Å². The van der Waals surface area contributed by atoms with Crippen LogP contribution in [-0.4, -0.2) is 0 Å². The standard InChI is InChI=1S/C15H32.2C2H6/c1-8-14(13(4)12(2)3)10-9-11-15(5,6)7;2*1-2/h12-14H,8-11H2,1-7H3;2*1-2H3. The molecule has 0 heteroatoms. The molecule has 0 fully saturated rings. The quantitative estimate of drug-likeness (QED) is 0.467. The number of rotatable bonds is 6. The molecule has 0 spiro atoms. The van der Waals surface area contributed by atoms with Gasteiger partial charge in [-0.25, -0.2) is 0 Å². The highest BCUT2D eigenvalue weighted by molar-refractivity contribution is 4.70. The van der Waals surface area contributed by atoms with Crippen LogP contribution in [0.4, 0.5) is 0 Å². The zero-order chi connectivity index (χ0) is 16.1. The normalized spacial score (nSPS) is 13.9. The first-order valence-corrected chi connectivity index (χ1v) is 8.78. The predicted molar refractivity (Wildman–Crippen MR) is 93.8 cm³/mol. The second-order valence-corrected chi connectivity index (χ2v) is 6.72. The molecule has 19 heavy (non-hydrogen) atoms. The summed E-state index contributed by atoms with van der Waals surface area (Å²) in [6, 6.07) is 0. The van der Waals surface area contributed by atoms with Crippen molar-refractivity contribution in [1.29, 1.82) is 0 Å². The van der Waals surface area contributed by atoms with Gasteiger partial charge in [-0.15, -0.1) is 0 Å². The van der Waals surface area contributed by atoms with E-state index >= 15 is 0 Å². The van der Waals surface area contributed by atoms with Gasteiger partial charge in [0.1, 0.15) is 0 Å². The molecule has 0 rings (SSSR count). The average Bonchev–Trinajstić information content (AvgIpc) is 2.37. The molecule has 0 amide bonds. The van der Waals surface area contributed by atoms with Crippen molar-refractivity contribution in [1.82, 2.24) is 0 Å². The van der Waals surface area contributed by atoms with Crippen LogP contribution in [0.25, 0.3) is 0 Å². The first-order chi connectivity index (χ1) is 8.78. The lowest BCUT2D eigenvalue weighted by molar-refractivity contribution is 0.236. The summed E-state index contributed by atoms with van der Waals surface area (Å²) < 4.78 is 0. The highest BCUT2D eigenvalue weighted by atomic mass is 14.2. The van der Waals surface area contributed by atoms with Crippen molar-refractivity contribution in [3.05, 3.63) is 0 Å². The highest BCUT2D eigenvalue weighted by Crippen LogP contribution is 2.30. The lowest BCUT2D eigenvalue weighted by Crippen LogP contribution is -2.17. The summed E-state index contributed by atoms with van der Waals surface area (Å²) in [5, 5.41) is 0. The molecule has 0 aromatic rings. The van der Waals surface area contributed by atoms with Crippen molar-refractivity contribution in [2.24, 2.45) is 23.2 Å². The maximum atomic E-state index is 2.43. The summed E-state index contributed by atoms with van der Waals surface area (Å²) in [4.78, 5) is 0. The van der Waals surface area contributed by atoms with Crippen LogP contribution in [0, 0.1) is 23.2 Å². The average molecular weight is 273 g/mol. The van der Waals surface area contributed by atoms with Crippen LogP contribution >= 0.6 is 0 Å². The second kappa shape index (κ2) is 14.4. The van der Waals surface area contributed by atoms with Crippen LogP contribution in [0.1, 0.15) is 102 Å². The topological polar surface area (TPSA) is 0 Å². The van der Waals surface area contributed by atoms with Crippen molar-refractivity contribution in [3.8, 4) is 0 Å². The summed E-state index contributed by atoms with van der Waals surface area (Å²) in [7, 11) is 0. The lowest BCUT2D eigenvalue weighted by atomic mass is 9.79. The monoisotopic (exact) mass is 272 g/mol. The molecule has 120 valence electrons. The van der Waals surface area contributed by atoms with E-state index in [4.69, 9.17) is 0 Å². The molecular formula is C19H44. The Balaban J connectivity index is -0.000000579. The lowest BCUT2D eigenvalue weighted by Gasteiger charge is -2.27. The molecule has 0 saturated carbocycles. The molecule has 0 heterocycles. The van der Waals surface area contributed by atoms with Gasteiger partial charge in [-0.1, -0.05) is 95.4 Å². The van der Waals surface area contributed by atoms with Crippen molar-refractivity contribution >= 4 is 0 Å². The van der Waals surface area contributed by atoms with E-state index in [2.05, 4.69) is 48.5 Å². The van der Waals surface area contributed by atoms with Crippen molar-refractivity contribution in [2.75, 3.05) is 0 Å². The zero-order valence-corrected chi connectivity index (χ0v) is 16.1. The Kier molecular flexibility index (Phi) is 18.2. The minimum Gasteiger partial charge on any atom is -0.0683 e. The first-order valence-electron chi connectivity index (χ1n) is 8.78. The molecule has 0 saturated heterocycles. The van der Waals surface area contributed by atoms with E-state index in [0.29, 0.717) is 5.41 Å². The molecular weight excluding hydrogens is 228 g/mol. The van der Waals surface area contributed by atoms with Gasteiger partial charge < -0.3 is 0 Å². The predicted octanol–water partition coefficient (Wildman–Crippen LogP) is 7.57. The van der Waals surface area contributed by atoms with Gasteiger partial charge in [0.2, 0.25) is 0 Å². The molecule has 0 N–H and O–H groups in total. The van der Waals surface area contributed by atoms with Crippen LogP contribution < -0.4 is 0 Å². The van der Waals surface area contributed by atoms with Crippen LogP contribution in [0.15, 0.2) is 0 Å². The van der Waals surface area contributed by atoms with Gasteiger partial charge in [0.25, 0.3) is 0 Å². The van der Waals surface area contributed by atoms with Crippen molar-refractivity contribution in [3.63, 3.8) is 0 Å². The molecule has 0 aliphatic rings. The molecule has 0 aliphatic heterocycles. The summed E-state index contributed by atoms with van der Waals surface area (Å²) in [6.07, 6.45) is 5.55. The fourth-order valence-corrected chi connectivity index (χ4v) is 2.28. The van der Waals surface area contributed by atoms with E-state index in [1.165, 1.54) is 25.7 Å². The van der Waals surface area contributed by atoms with Gasteiger partial charge in [-0.2, -0.15) is 0 Å². The molecule has 0 aromatic carbocycles. The summed E-state index contributed by atoms with van der Waals surface area (Å²) in [5.74, 6) is 2.66. The highest BCUT2D eigenvalue weighted by Gasteiger charge is 2.19. The van der Waals surface area contributed by atoms with E-state index in [-0.39, 0.29) is 0 Å². The molecule has 2 unspecified atom stereocenters. The minimum atomic E-state index is 0.513. The Labute approximate surface area is 125 Å². The Bertz CT molecular complexity index is 150.